The number of hydrogen-bond donors (Lipinski definition) is 1. The molecule has 0 saturated heterocycles. The lowest BCUT2D eigenvalue weighted by atomic mass is 9.93. The summed E-state index contributed by atoms with van der Waals surface area (Å²) in [5, 5.41) is 5.51. The molecule has 0 bridgehead atoms. The van der Waals surface area contributed by atoms with Gasteiger partial charge in [-0.25, -0.2) is 9.79 Å². The fraction of sp³-hybridized carbons (Fsp3) is 0.458. The van der Waals surface area contributed by atoms with Crippen molar-refractivity contribution < 1.29 is 28.5 Å². The number of allylic oxidation sites excluding steroid dienone is 1. The SMILES string of the molecule is COCCOC(=O)C1=C(C)N=C2SC=C(CC(=O)NC(C)C)N2C1c1ccc(OC)c(OC)c1. The third kappa shape index (κ3) is 5.56. The Bertz CT molecular complexity index is 1030. The van der Waals surface area contributed by atoms with E-state index in [-0.39, 0.29) is 31.6 Å². The summed E-state index contributed by atoms with van der Waals surface area (Å²) in [6, 6.07) is 4.96. The Labute approximate surface area is 204 Å². The minimum Gasteiger partial charge on any atom is -0.493 e. The van der Waals surface area contributed by atoms with Crippen molar-refractivity contribution in [1.29, 1.82) is 0 Å². The normalized spacial score (nSPS) is 17.3. The van der Waals surface area contributed by atoms with Gasteiger partial charge in [0.05, 0.1) is 44.6 Å². The molecular formula is C24H31N3O6S. The number of amides is 1. The first kappa shape index (κ1) is 25.6. The molecule has 0 spiro atoms. The first-order valence-electron chi connectivity index (χ1n) is 10.9. The van der Waals surface area contributed by atoms with Gasteiger partial charge in [-0.15, -0.1) is 0 Å². The van der Waals surface area contributed by atoms with Crippen molar-refractivity contribution in [2.24, 2.45) is 4.99 Å². The van der Waals surface area contributed by atoms with Crippen molar-refractivity contribution in [2.75, 3.05) is 34.5 Å². The first-order chi connectivity index (χ1) is 16.3. The molecule has 34 heavy (non-hydrogen) atoms. The van der Waals surface area contributed by atoms with Gasteiger partial charge in [0.25, 0.3) is 0 Å². The number of carbonyl (C=O) groups is 2. The molecular weight excluding hydrogens is 458 g/mol. The smallest absolute Gasteiger partial charge is 0.338 e. The van der Waals surface area contributed by atoms with Gasteiger partial charge in [-0.1, -0.05) is 17.8 Å². The van der Waals surface area contributed by atoms with Crippen LogP contribution >= 0.6 is 11.8 Å². The van der Waals surface area contributed by atoms with Gasteiger partial charge in [0, 0.05) is 18.8 Å². The monoisotopic (exact) mass is 489 g/mol. The van der Waals surface area contributed by atoms with Gasteiger partial charge in [-0.2, -0.15) is 0 Å². The maximum atomic E-state index is 13.2. The number of rotatable bonds is 10. The van der Waals surface area contributed by atoms with E-state index in [0.29, 0.717) is 27.9 Å². The third-order valence-electron chi connectivity index (χ3n) is 5.26. The Morgan fingerprint density at radius 3 is 2.53 bits per heavy atom. The highest BCUT2D eigenvalue weighted by Gasteiger charge is 2.41. The van der Waals surface area contributed by atoms with Crippen LogP contribution in [0.4, 0.5) is 0 Å². The van der Waals surface area contributed by atoms with Gasteiger partial charge in [0.2, 0.25) is 5.91 Å². The number of hydrogen-bond acceptors (Lipinski definition) is 9. The number of nitrogens with zero attached hydrogens (tertiary/aromatic N) is 2. The highest BCUT2D eigenvalue weighted by molar-refractivity contribution is 8.16. The van der Waals surface area contributed by atoms with E-state index in [9.17, 15) is 9.59 Å². The van der Waals surface area contributed by atoms with E-state index in [1.165, 1.54) is 11.8 Å². The van der Waals surface area contributed by atoms with Gasteiger partial charge in [0.1, 0.15) is 6.61 Å². The van der Waals surface area contributed by atoms with E-state index >= 15 is 0 Å². The topological polar surface area (TPSA) is 98.7 Å². The average Bonchev–Trinajstić information content (AvgIpc) is 3.18. The summed E-state index contributed by atoms with van der Waals surface area (Å²) < 4.78 is 21.4. The van der Waals surface area contributed by atoms with Crippen LogP contribution in [0.3, 0.4) is 0 Å². The highest BCUT2D eigenvalue weighted by atomic mass is 32.2. The highest BCUT2D eigenvalue weighted by Crippen LogP contribution is 2.46. The van der Waals surface area contributed by atoms with E-state index in [1.807, 2.05) is 36.3 Å². The molecule has 1 amide bonds. The molecule has 1 unspecified atom stereocenters. The number of thioether (sulfide) groups is 1. The number of benzene rings is 1. The van der Waals surface area contributed by atoms with Crippen molar-refractivity contribution in [1.82, 2.24) is 10.2 Å². The molecule has 0 aromatic heterocycles. The van der Waals surface area contributed by atoms with Crippen molar-refractivity contribution in [2.45, 2.75) is 39.3 Å². The number of aliphatic imine (C=N–C) groups is 1. The first-order valence-corrected chi connectivity index (χ1v) is 11.8. The molecule has 1 atom stereocenters. The average molecular weight is 490 g/mol. The number of carbonyl (C=O) groups excluding carboxylic acids is 2. The second kappa shape index (κ2) is 11.4. The van der Waals surface area contributed by atoms with Gasteiger partial charge in [-0.3, -0.25) is 4.79 Å². The lowest BCUT2D eigenvalue weighted by molar-refractivity contribution is -0.141. The lowest BCUT2D eigenvalue weighted by Crippen LogP contribution is -2.39. The summed E-state index contributed by atoms with van der Waals surface area (Å²) in [5.41, 5.74) is 2.48. The number of ether oxygens (including phenoxy) is 4. The molecule has 9 nitrogen and oxygen atoms in total. The second-order valence-corrected chi connectivity index (χ2v) is 8.87. The van der Waals surface area contributed by atoms with Crippen LogP contribution in [0.25, 0.3) is 0 Å². The van der Waals surface area contributed by atoms with Gasteiger partial charge in [-0.05, 0) is 43.9 Å². The molecule has 1 aromatic rings. The summed E-state index contributed by atoms with van der Waals surface area (Å²) in [4.78, 5) is 32.4. The quantitative estimate of drug-likeness (QED) is 0.395. The fourth-order valence-electron chi connectivity index (χ4n) is 3.80. The maximum absolute atomic E-state index is 13.2. The zero-order valence-electron chi connectivity index (χ0n) is 20.3. The standard InChI is InChI=1S/C24H31N3O6S/c1-14(2)25-20(28)12-17-13-34-24-26-15(3)21(23(29)33-10-9-30-4)22(27(17)24)16-7-8-18(31-5)19(11-16)32-6/h7-8,11,13-14,22H,9-10,12H2,1-6H3,(H,25,28). The molecule has 184 valence electrons. The third-order valence-corrected chi connectivity index (χ3v) is 6.14. The summed E-state index contributed by atoms with van der Waals surface area (Å²) in [6.45, 7) is 6.02. The number of fused-ring (bicyclic) bond motifs is 1. The Balaban J connectivity index is 2.05. The number of amidine groups is 1. The van der Waals surface area contributed by atoms with Crippen molar-refractivity contribution in [3.05, 3.63) is 46.1 Å². The van der Waals surface area contributed by atoms with Crippen LogP contribution in [0.15, 0.2) is 45.6 Å². The molecule has 0 aliphatic carbocycles. The van der Waals surface area contributed by atoms with Crippen LogP contribution in [-0.2, 0) is 19.1 Å². The molecule has 2 aliphatic rings. The predicted molar refractivity (Wildman–Crippen MR) is 131 cm³/mol. The molecule has 0 saturated carbocycles. The molecule has 0 fully saturated rings. The molecule has 0 radical (unpaired) electrons. The van der Waals surface area contributed by atoms with Crippen molar-refractivity contribution >= 4 is 28.8 Å². The van der Waals surface area contributed by atoms with Crippen molar-refractivity contribution in [3.63, 3.8) is 0 Å². The second-order valence-electron chi connectivity index (χ2n) is 8.04. The van der Waals surface area contributed by atoms with E-state index in [1.54, 1.807) is 34.3 Å². The zero-order valence-corrected chi connectivity index (χ0v) is 21.2. The van der Waals surface area contributed by atoms with Crippen molar-refractivity contribution in [3.8, 4) is 11.5 Å². The van der Waals surface area contributed by atoms with Crippen LogP contribution in [0, 0.1) is 0 Å². The molecule has 1 N–H and O–H groups in total. The summed E-state index contributed by atoms with van der Waals surface area (Å²) >= 11 is 1.42. The van der Waals surface area contributed by atoms with Crippen LogP contribution in [-0.4, -0.2) is 62.5 Å². The number of nitrogens with one attached hydrogen (secondary N) is 1. The fourth-order valence-corrected chi connectivity index (χ4v) is 4.77. The predicted octanol–water partition coefficient (Wildman–Crippen LogP) is 3.38. The molecule has 2 heterocycles. The molecule has 3 rings (SSSR count). The minimum absolute atomic E-state index is 0.0201. The summed E-state index contributed by atoms with van der Waals surface area (Å²) in [6.07, 6.45) is 0.152. The molecule has 10 heteroatoms. The van der Waals surface area contributed by atoms with Crippen LogP contribution in [0.5, 0.6) is 11.5 Å². The van der Waals surface area contributed by atoms with E-state index in [2.05, 4.69) is 10.3 Å². The van der Waals surface area contributed by atoms with Gasteiger partial charge in [0.15, 0.2) is 16.7 Å². The molecule has 1 aromatic carbocycles. The Morgan fingerprint density at radius 1 is 1.15 bits per heavy atom. The largest absolute Gasteiger partial charge is 0.493 e. The van der Waals surface area contributed by atoms with E-state index < -0.39 is 12.0 Å². The van der Waals surface area contributed by atoms with E-state index in [0.717, 1.165) is 11.3 Å². The van der Waals surface area contributed by atoms with Crippen LogP contribution in [0.1, 0.15) is 38.8 Å². The van der Waals surface area contributed by atoms with Crippen LogP contribution in [0.2, 0.25) is 0 Å². The van der Waals surface area contributed by atoms with Gasteiger partial charge >= 0.3 is 5.97 Å². The number of methoxy groups -OCH3 is 3. The summed E-state index contributed by atoms with van der Waals surface area (Å²) in [5.74, 6) is 0.511. The summed E-state index contributed by atoms with van der Waals surface area (Å²) in [7, 11) is 4.67. The van der Waals surface area contributed by atoms with E-state index in [4.69, 9.17) is 18.9 Å². The molecule has 2 aliphatic heterocycles. The van der Waals surface area contributed by atoms with Crippen LogP contribution < -0.4 is 14.8 Å². The Morgan fingerprint density at radius 2 is 1.88 bits per heavy atom. The zero-order chi connectivity index (χ0) is 24.8. The minimum atomic E-state index is -0.560. The lowest BCUT2D eigenvalue weighted by Gasteiger charge is -2.36. The number of esters is 1. The van der Waals surface area contributed by atoms with Gasteiger partial charge < -0.3 is 29.2 Å². The Hall–Kier alpha value is -2.98. The Kier molecular flexibility index (Phi) is 8.62. The maximum Gasteiger partial charge on any atom is 0.338 e.